The monoisotopic (exact) mass is 352 g/mol. The predicted molar refractivity (Wildman–Crippen MR) is 103 cm³/mol. The summed E-state index contributed by atoms with van der Waals surface area (Å²) in [5.41, 5.74) is 3.82. The fraction of sp³-hybridized carbons (Fsp3) is 0.400. The van der Waals surface area contributed by atoms with Crippen molar-refractivity contribution in [3.05, 3.63) is 36.5 Å². The van der Waals surface area contributed by atoms with Gasteiger partial charge in [-0.05, 0) is 51.1 Å². The van der Waals surface area contributed by atoms with Gasteiger partial charge in [-0.2, -0.15) is 5.10 Å². The lowest BCUT2D eigenvalue weighted by atomic mass is 10.1. The number of hydrogen-bond acceptors (Lipinski definition) is 5. The maximum Gasteiger partial charge on any atom is 0.120 e. The van der Waals surface area contributed by atoms with Crippen molar-refractivity contribution >= 4 is 16.6 Å². The van der Waals surface area contributed by atoms with Gasteiger partial charge in [0.15, 0.2) is 0 Å². The summed E-state index contributed by atoms with van der Waals surface area (Å²) in [6.45, 7) is 8.60. The number of aromatic amines is 1. The molecule has 2 aromatic heterocycles. The molecule has 6 nitrogen and oxygen atoms in total. The van der Waals surface area contributed by atoms with Crippen molar-refractivity contribution < 1.29 is 9.47 Å². The molecule has 2 atom stereocenters. The van der Waals surface area contributed by atoms with Crippen molar-refractivity contribution in [2.24, 2.45) is 0 Å². The van der Waals surface area contributed by atoms with E-state index in [0.717, 1.165) is 46.8 Å². The molecule has 0 bridgehead atoms. The lowest BCUT2D eigenvalue weighted by Crippen LogP contribution is -2.45. The van der Waals surface area contributed by atoms with Crippen LogP contribution in [0.5, 0.6) is 5.75 Å². The molecule has 0 radical (unpaired) electrons. The van der Waals surface area contributed by atoms with Crippen LogP contribution in [0.25, 0.3) is 22.3 Å². The van der Waals surface area contributed by atoms with Gasteiger partial charge in [0.1, 0.15) is 11.4 Å². The number of pyridine rings is 1. The number of fused-ring (bicyclic) bond motifs is 1. The zero-order chi connectivity index (χ0) is 18.1. The molecule has 1 N–H and O–H groups in total. The lowest BCUT2D eigenvalue weighted by Gasteiger charge is -2.36. The van der Waals surface area contributed by atoms with Crippen molar-refractivity contribution in [2.75, 3.05) is 24.6 Å². The molecule has 26 heavy (non-hydrogen) atoms. The molecular formula is C20H24N4O2. The molecule has 4 rings (SSSR count). The Kier molecular flexibility index (Phi) is 4.51. The highest BCUT2D eigenvalue weighted by molar-refractivity contribution is 5.93. The predicted octanol–water partition coefficient (Wildman–Crippen LogP) is 3.64. The molecule has 0 spiro atoms. The van der Waals surface area contributed by atoms with Gasteiger partial charge in [0, 0.05) is 30.4 Å². The van der Waals surface area contributed by atoms with E-state index >= 15 is 0 Å². The van der Waals surface area contributed by atoms with Crippen LogP contribution in [0.3, 0.4) is 0 Å². The number of rotatable bonds is 4. The van der Waals surface area contributed by atoms with Gasteiger partial charge in [-0.25, -0.2) is 0 Å². The van der Waals surface area contributed by atoms with Crippen LogP contribution in [-0.4, -0.2) is 47.1 Å². The number of anilines is 1. The average Bonchev–Trinajstić information content (AvgIpc) is 3.04. The van der Waals surface area contributed by atoms with Crippen LogP contribution in [0.1, 0.15) is 20.8 Å². The van der Waals surface area contributed by atoms with E-state index in [0.29, 0.717) is 6.61 Å². The number of aromatic nitrogens is 3. The minimum atomic E-state index is 0.218. The second kappa shape index (κ2) is 6.96. The smallest absolute Gasteiger partial charge is 0.120 e. The Morgan fingerprint density at radius 3 is 2.77 bits per heavy atom. The normalized spacial score (nSPS) is 20.5. The summed E-state index contributed by atoms with van der Waals surface area (Å²) in [4.78, 5) is 6.91. The van der Waals surface area contributed by atoms with Gasteiger partial charge in [-0.3, -0.25) is 10.1 Å². The summed E-state index contributed by atoms with van der Waals surface area (Å²) in [5, 5.41) is 8.60. The van der Waals surface area contributed by atoms with Gasteiger partial charge < -0.3 is 14.4 Å². The van der Waals surface area contributed by atoms with E-state index in [9.17, 15) is 0 Å². The number of nitrogens with zero attached hydrogens (tertiary/aromatic N) is 3. The van der Waals surface area contributed by atoms with Crippen LogP contribution in [0.4, 0.5) is 5.69 Å². The highest BCUT2D eigenvalue weighted by Crippen LogP contribution is 2.30. The van der Waals surface area contributed by atoms with E-state index in [2.05, 4.69) is 46.1 Å². The Hall–Kier alpha value is -2.60. The third-order valence-electron chi connectivity index (χ3n) is 4.62. The Morgan fingerprint density at radius 1 is 1.19 bits per heavy atom. The summed E-state index contributed by atoms with van der Waals surface area (Å²) >= 11 is 0. The number of H-pyrrole nitrogens is 1. The molecule has 3 heterocycles. The molecule has 136 valence electrons. The summed E-state index contributed by atoms with van der Waals surface area (Å²) in [6.07, 6.45) is 2.29. The quantitative estimate of drug-likeness (QED) is 0.777. The zero-order valence-electron chi connectivity index (χ0n) is 15.4. The van der Waals surface area contributed by atoms with Gasteiger partial charge in [-0.1, -0.05) is 0 Å². The molecule has 0 amide bonds. The second-order valence-electron chi connectivity index (χ2n) is 6.77. The number of hydrogen-bond donors (Lipinski definition) is 1. The minimum Gasteiger partial charge on any atom is -0.494 e. The van der Waals surface area contributed by atoms with E-state index in [1.54, 1.807) is 0 Å². The first-order valence-electron chi connectivity index (χ1n) is 9.11. The van der Waals surface area contributed by atoms with Gasteiger partial charge in [0.05, 0.1) is 30.0 Å². The average molecular weight is 352 g/mol. The van der Waals surface area contributed by atoms with Crippen molar-refractivity contribution in [3.8, 4) is 17.1 Å². The summed E-state index contributed by atoms with van der Waals surface area (Å²) in [7, 11) is 0. The van der Waals surface area contributed by atoms with E-state index in [1.807, 2.05) is 31.3 Å². The van der Waals surface area contributed by atoms with Crippen molar-refractivity contribution in [1.29, 1.82) is 0 Å². The van der Waals surface area contributed by atoms with E-state index in [-0.39, 0.29) is 12.2 Å². The zero-order valence-corrected chi connectivity index (χ0v) is 15.4. The van der Waals surface area contributed by atoms with Crippen molar-refractivity contribution in [2.45, 2.75) is 33.0 Å². The SMILES string of the molecule is CCOc1ccc2[nH]nc(-c3cc(N4C[C@@H](C)O[C@@H](C)C4)ccn3)c2c1. The lowest BCUT2D eigenvalue weighted by molar-refractivity contribution is -0.00521. The van der Waals surface area contributed by atoms with E-state index in [4.69, 9.17) is 9.47 Å². The molecule has 0 saturated carbocycles. The van der Waals surface area contributed by atoms with Gasteiger partial charge in [0.2, 0.25) is 0 Å². The van der Waals surface area contributed by atoms with E-state index < -0.39 is 0 Å². The number of morpholine rings is 1. The van der Waals surface area contributed by atoms with E-state index in [1.165, 1.54) is 0 Å². The maximum atomic E-state index is 5.85. The third kappa shape index (κ3) is 3.24. The molecule has 0 aliphatic carbocycles. The van der Waals surface area contributed by atoms with Crippen LogP contribution >= 0.6 is 0 Å². The topological polar surface area (TPSA) is 63.3 Å². The van der Waals surface area contributed by atoms with Crippen LogP contribution in [0.2, 0.25) is 0 Å². The van der Waals surface area contributed by atoms with Gasteiger partial charge in [-0.15, -0.1) is 0 Å². The van der Waals surface area contributed by atoms with Crippen LogP contribution in [0, 0.1) is 0 Å². The molecule has 1 aromatic carbocycles. The van der Waals surface area contributed by atoms with Crippen molar-refractivity contribution in [3.63, 3.8) is 0 Å². The fourth-order valence-corrected chi connectivity index (χ4v) is 3.58. The standard InChI is InChI=1S/C20H24N4O2/c1-4-25-16-5-6-18-17(10-16)20(23-22-18)19-9-15(7-8-21-19)24-11-13(2)26-14(3)12-24/h5-10,13-14H,4,11-12H2,1-3H3,(H,22,23)/t13-,14+. The Balaban J connectivity index is 1.70. The van der Waals surface area contributed by atoms with Crippen LogP contribution in [0.15, 0.2) is 36.5 Å². The molecule has 1 fully saturated rings. The molecule has 1 saturated heterocycles. The number of benzene rings is 1. The van der Waals surface area contributed by atoms with Crippen molar-refractivity contribution in [1.82, 2.24) is 15.2 Å². The Labute approximate surface area is 153 Å². The highest BCUT2D eigenvalue weighted by atomic mass is 16.5. The largest absolute Gasteiger partial charge is 0.494 e. The molecule has 1 aliphatic rings. The first-order chi connectivity index (χ1) is 12.6. The number of nitrogens with one attached hydrogen (secondary N) is 1. The van der Waals surface area contributed by atoms with Gasteiger partial charge >= 0.3 is 0 Å². The Morgan fingerprint density at radius 2 is 2.00 bits per heavy atom. The summed E-state index contributed by atoms with van der Waals surface area (Å²) in [5.74, 6) is 0.842. The second-order valence-corrected chi connectivity index (χ2v) is 6.77. The summed E-state index contributed by atoms with van der Waals surface area (Å²) < 4.78 is 11.5. The van der Waals surface area contributed by atoms with Crippen LogP contribution < -0.4 is 9.64 Å². The first-order valence-corrected chi connectivity index (χ1v) is 9.11. The summed E-state index contributed by atoms with van der Waals surface area (Å²) in [6, 6.07) is 10.1. The number of ether oxygens (including phenoxy) is 2. The molecule has 6 heteroatoms. The highest BCUT2D eigenvalue weighted by Gasteiger charge is 2.23. The maximum absolute atomic E-state index is 5.85. The fourth-order valence-electron chi connectivity index (χ4n) is 3.58. The molecular weight excluding hydrogens is 328 g/mol. The van der Waals surface area contributed by atoms with Crippen LogP contribution in [-0.2, 0) is 4.74 Å². The Bertz CT molecular complexity index is 898. The third-order valence-corrected chi connectivity index (χ3v) is 4.62. The molecule has 3 aromatic rings. The van der Waals surface area contributed by atoms with Gasteiger partial charge in [0.25, 0.3) is 0 Å². The first kappa shape index (κ1) is 16.8. The molecule has 0 unspecified atom stereocenters. The minimum absolute atomic E-state index is 0.218. The molecule has 1 aliphatic heterocycles.